The number of anilines is 1. The van der Waals surface area contributed by atoms with Gasteiger partial charge in [0, 0.05) is 17.3 Å². The smallest absolute Gasteiger partial charge is 0.188 e. The molecule has 0 aliphatic heterocycles. The number of fused-ring (bicyclic) bond motifs is 1. The van der Waals surface area contributed by atoms with E-state index in [1.54, 1.807) is 42.2 Å². The molecule has 4 rings (SSSR count). The molecule has 0 aliphatic rings. The Bertz CT molecular complexity index is 1070. The van der Waals surface area contributed by atoms with Crippen LogP contribution >= 0.6 is 11.8 Å². The Kier molecular flexibility index (Phi) is 4.89. The Labute approximate surface area is 160 Å². The minimum absolute atomic E-state index is 0.317. The van der Waals surface area contributed by atoms with Crippen LogP contribution in [0.4, 0.5) is 10.1 Å². The number of nitrogens with zero attached hydrogens (tertiary/aromatic N) is 2. The number of ether oxygens (including phenoxy) is 1. The quantitative estimate of drug-likeness (QED) is 0.285. The van der Waals surface area contributed by atoms with Gasteiger partial charge < -0.3 is 10.5 Å². The number of benzene rings is 3. The molecular formula is C21H16FN3OS. The number of nitrogen functional groups attached to an aromatic ring is 1. The van der Waals surface area contributed by atoms with Gasteiger partial charge in [0.1, 0.15) is 11.6 Å². The summed E-state index contributed by atoms with van der Waals surface area (Å²) in [4.78, 5) is 8.99. The molecule has 4 aromatic rings. The van der Waals surface area contributed by atoms with Gasteiger partial charge >= 0.3 is 0 Å². The molecule has 0 saturated carbocycles. The first-order chi connectivity index (χ1) is 13.2. The third kappa shape index (κ3) is 4.17. The molecule has 0 unspecified atom stereocenters. The lowest BCUT2D eigenvalue weighted by Crippen LogP contribution is -1.95. The minimum atomic E-state index is -0.317. The molecule has 0 spiro atoms. The van der Waals surface area contributed by atoms with Gasteiger partial charge in [-0.05, 0) is 42.0 Å². The molecule has 0 amide bonds. The highest BCUT2D eigenvalue weighted by atomic mass is 32.2. The van der Waals surface area contributed by atoms with Gasteiger partial charge in [-0.3, -0.25) is 0 Å². The Morgan fingerprint density at radius 2 is 1.78 bits per heavy atom. The monoisotopic (exact) mass is 377 g/mol. The van der Waals surface area contributed by atoms with E-state index >= 15 is 0 Å². The first-order valence-corrected chi connectivity index (χ1v) is 9.32. The molecule has 1 aromatic heterocycles. The molecule has 1 heterocycles. The van der Waals surface area contributed by atoms with Crippen LogP contribution in [-0.4, -0.2) is 9.97 Å². The van der Waals surface area contributed by atoms with Crippen molar-refractivity contribution in [2.75, 3.05) is 5.73 Å². The zero-order valence-corrected chi connectivity index (χ0v) is 15.1. The third-order valence-corrected chi connectivity index (χ3v) is 4.87. The molecule has 4 nitrogen and oxygen atoms in total. The van der Waals surface area contributed by atoms with Crippen molar-refractivity contribution in [1.29, 1.82) is 0 Å². The maximum Gasteiger partial charge on any atom is 0.188 e. The Hall–Kier alpha value is -3.12. The number of hydrogen-bond acceptors (Lipinski definition) is 5. The fourth-order valence-electron chi connectivity index (χ4n) is 2.57. The summed E-state index contributed by atoms with van der Waals surface area (Å²) in [6.07, 6.45) is 1.76. The number of rotatable bonds is 5. The summed E-state index contributed by atoms with van der Waals surface area (Å²) in [5, 5.41) is 1.52. The number of nitrogens with two attached hydrogens (primary N) is 1. The van der Waals surface area contributed by atoms with Crippen LogP contribution in [0.2, 0.25) is 0 Å². The van der Waals surface area contributed by atoms with Crippen molar-refractivity contribution in [3.8, 4) is 11.5 Å². The number of halogens is 1. The van der Waals surface area contributed by atoms with Crippen molar-refractivity contribution in [2.45, 2.75) is 10.9 Å². The third-order valence-electron chi connectivity index (χ3n) is 3.94. The van der Waals surface area contributed by atoms with E-state index in [0.717, 1.165) is 16.7 Å². The summed E-state index contributed by atoms with van der Waals surface area (Å²) in [5.41, 5.74) is 8.55. The second kappa shape index (κ2) is 7.63. The molecular weight excluding hydrogens is 361 g/mol. The van der Waals surface area contributed by atoms with Gasteiger partial charge in [0.05, 0.1) is 11.2 Å². The van der Waals surface area contributed by atoms with Crippen LogP contribution in [0.15, 0.2) is 78.1 Å². The highest BCUT2D eigenvalue weighted by molar-refractivity contribution is 7.98. The van der Waals surface area contributed by atoms with Crippen molar-refractivity contribution >= 4 is 28.4 Å². The SMILES string of the molecule is Nc1cc2nc(SCc3ccccc3)ncc2cc1Oc1ccc(F)cc1. The predicted molar refractivity (Wildman–Crippen MR) is 106 cm³/mol. The summed E-state index contributed by atoms with van der Waals surface area (Å²) < 4.78 is 18.8. The normalized spacial score (nSPS) is 10.9. The van der Waals surface area contributed by atoms with Gasteiger partial charge in [-0.2, -0.15) is 0 Å². The molecule has 0 atom stereocenters. The number of aromatic nitrogens is 2. The molecule has 134 valence electrons. The summed E-state index contributed by atoms with van der Waals surface area (Å²) >= 11 is 1.57. The Morgan fingerprint density at radius 1 is 1.00 bits per heavy atom. The highest BCUT2D eigenvalue weighted by Crippen LogP contribution is 2.32. The Morgan fingerprint density at radius 3 is 2.56 bits per heavy atom. The molecule has 0 fully saturated rings. The molecule has 2 N–H and O–H groups in total. The lowest BCUT2D eigenvalue weighted by molar-refractivity contribution is 0.483. The highest BCUT2D eigenvalue weighted by Gasteiger charge is 2.08. The van der Waals surface area contributed by atoms with Crippen LogP contribution in [0.25, 0.3) is 10.9 Å². The van der Waals surface area contributed by atoms with E-state index in [9.17, 15) is 4.39 Å². The average Bonchev–Trinajstić information content (AvgIpc) is 2.69. The molecule has 3 aromatic carbocycles. The van der Waals surface area contributed by atoms with Gasteiger partial charge in [-0.1, -0.05) is 42.1 Å². The van der Waals surface area contributed by atoms with Crippen molar-refractivity contribution < 1.29 is 9.13 Å². The van der Waals surface area contributed by atoms with E-state index in [-0.39, 0.29) is 5.82 Å². The van der Waals surface area contributed by atoms with E-state index in [4.69, 9.17) is 10.5 Å². The standard InChI is InChI=1S/C21H16FN3OS/c22-16-6-8-17(9-7-16)26-20-10-15-12-24-21(25-19(15)11-18(20)23)27-13-14-4-2-1-3-5-14/h1-12H,13,23H2. The molecule has 0 aliphatic carbocycles. The topological polar surface area (TPSA) is 61.0 Å². The molecule has 6 heteroatoms. The predicted octanol–water partition coefficient (Wildman–Crippen LogP) is 5.44. The van der Waals surface area contributed by atoms with E-state index in [0.29, 0.717) is 22.3 Å². The zero-order chi connectivity index (χ0) is 18.6. The lowest BCUT2D eigenvalue weighted by atomic mass is 10.2. The van der Waals surface area contributed by atoms with Crippen LogP contribution in [0.1, 0.15) is 5.56 Å². The van der Waals surface area contributed by atoms with Crippen LogP contribution in [0.5, 0.6) is 11.5 Å². The summed E-state index contributed by atoms with van der Waals surface area (Å²) in [5.74, 6) is 1.48. The maximum atomic E-state index is 13.0. The van der Waals surface area contributed by atoms with E-state index in [2.05, 4.69) is 22.1 Å². The van der Waals surface area contributed by atoms with E-state index in [1.807, 2.05) is 18.2 Å². The number of hydrogen-bond donors (Lipinski definition) is 1. The second-order valence-electron chi connectivity index (χ2n) is 5.93. The summed E-state index contributed by atoms with van der Waals surface area (Å²) in [7, 11) is 0. The lowest BCUT2D eigenvalue weighted by Gasteiger charge is -2.10. The fraction of sp³-hybridized carbons (Fsp3) is 0.0476. The van der Waals surface area contributed by atoms with Crippen LogP contribution in [-0.2, 0) is 5.75 Å². The first-order valence-electron chi connectivity index (χ1n) is 8.34. The van der Waals surface area contributed by atoms with Gasteiger partial charge in [0.25, 0.3) is 0 Å². The van der Waals surface area contributed by atoms with Crippen molar-refractivity contribution in [1.82, 2.24) is 9.97 Å². The van der Waals surface area contributed by atoms with E-state index < -0.39 is 0 Å². The summed E-state index contributed by atoms with van der Waals surface area (Å²) in [6, 6.07) is 19.5. The number of thioether (sulfide) groups is 1. The van der Waals surface area contributed by atoms with Gasteiger partial charge in [-0.25, -0.2) is 14.4 Å². The van der Waals surface area contributed by atoms with Crippen LogP contribution in [0, 0.1) is 5.82 Å². The molecule has 0 bridgehead atoms. The molecule has 0 saturated heterocycles. The average molecular weight is 377 g/mol. The first kappa shape index (κ1) is 17.3. The Balaban J connectivity index is 1.55. The van der Waals surface area contributed by atoms with Gasteiger partial charge in [-0.15, -0.1) is 0 Å². The van der Waals surface area contributed by atoms with Crippen molar-refractivity contribution in [3.63, 3.8) is 0 Å². The van der Waals surface area contributed by atoms with Crippen molar-refractivity contribution in [3.05, 3.63) is 84.3 Å². The molecule has 0 radical (unpaired) electrons. The summed E-state index contributed by atoms with van der Waals surface area (Å²) in [6.45, 7) is 0. The van der Waals surface area contributed by atoms with Gasteiger partial charge in [0.2, 0.25) is 0 Å². The van der Waals surface area contributed by atoms with Gasteiger partial charge in [0.15, 0.2) is 10.9 Å². The van der Waals surface area contributed by atoms with Crippen molar-refractivity contribution in [2.24, 2.45) is 0 Å². The van der Waals surface area contributed by atoms with E-state index in [1.165, 1.54) is 17.7 Å². The maximum absolute atomic E-state index is 13.0. The van der Waals surface area contributed by atoms with Crippen LogP contribution < -0.4 is 10.5 Å². The second-order valence-corrected chi connectivity index (χ2v) is 6.87. The molecule has 27 heavy (non-hydrogen) atoms. The fourth-order valence-corrected chi connectivity index (χ4v) is 3.35. The minimum Gasteiger partial charge on any atom is -0.455 e. The largest absolute Gasteiger partial charge is 0.455 e. The van der Waals surface area contributed by atoms with Crippen LogP contribution in [0.3, 0.4) is 0 Å². The zero-order valence-electron chi connectivity index (χ0n) is 14.3.